The first-order valence-corrected chi connectivity index (χ1v) is 12.1. The van der Waals surface area contributed by atoms with Gasteiger partial charge in [-0.25, -0.2) is 8.96 Å². The first-order valence-electron chi connectivity index (χ1n) is 10.6. The van der Waals surface area contributed by atoms with Crippen molar-refractivity contribution in [2.75, 3.05) is 13.2 Å². The lowest BCUT2D eigenvalue weighted by Gasteiger charge is -2.27. The molecule has 7 nitrogen and oxygen atoms in total. The van der Waals surface area contributed by atoms with E-state index in [0.717, 1.165) is 11.1 Å². The molecule has 34 heavy (non-hydrogen) atoms. The Hall–Kier alpha value is -2.71. The molecular formula is C25H27FNO6P. The molecule has 5 N–H and O–H groups in total. The minimum absolute atomic E-state index is 0.215. The summed E-state index contributed by atoms with van der Waals surface area (Å²) in [7, 11) is -4.69. The minimum Gasteiger partial charge on any atom is -0.394 e. The normalized spacial score (nSPS) is 13.5. The number of carbonyl (C=O) groups excluding carboxylic acids is 1. The van der Waals surface area contributed by atoms with Gasteiger partial charge in [-0.15, -0.1) is 0 Å². The number of aliphatic hydroxyl groups is 1. The number of aryl methyl sites for hydroxylation is 2. The van der Waals surface area contributed by atoms with E-state index in [9.17, 15) is 18.9 Å². The zero-order chi connectivity index (χ0) is 24.9. The topological polar surface area (TPSA) is 130 Å². The van der Waals surface area contributed by atoms with Crippen molar-refractivity contribution in [2.45, 2.75) is 25.3 Å². The third kappa shape index (κ3) is 6.90. The van der Waals surface area contributed by atoms with Gasteiger partial charge >= 0.3 is 7.82 Å². The van der Waals surface area contributed by atoms with Crippen molar-refractivity contribution in [3.05, 3.63) is 94.8 Å². The number of benzene rings is 3. The molecule has 3 aromatic carbocycles. The van der Waals surface area contributed by atoms with Crippen molar-refractivity contribution in [2.24, 2.45) is 5.73 Å². The first kappa shape index (κ1) is 25.9. The number of rotatable bonds is 10. The van der Waals surface area contributed by atoms with Gasteiger partial charge < -0.3 is 20.6 Å². The van der Waals surface area contributed by atoms with Crippen LogP contribution in [0.5, 0.6) is 0 Å². The molecule has 0 saturated carbocycles. The van der Waals surface area contributed by atoms with E-state index in [0.29, 0.717) is 23.1 Å². The number of phosphoric ester groups is 1. The van der Waals surface area contributed by atoms with Crippen LogP contribution in [0, 0.1) is 12.7 Å². The fraction of sp³-hybridized carbons (Fsp3) is 0.240. The zero-order valence-corrected chi connectivity index (χ0v) is 19.5. The van der Waals surface area contributed by atoms with Crippen molar-refractivity contribution >= 4 is 13.6 Å². The number of ketones is 1. The largest absolute Gasteiger partial charge is 0.469 e. The molecule has 180 valence electrons. The van der Waals surface area contributed by atoms with Crippen molar-refractivity contribution in [1.82, 2.24) is 0 Å². The minimum atomic E-state index is -4.69. The number of phosphoric acid groups is 1. The molecule has 0 saturated heterocycles. The van der Waals surface area contributed by atoms with Crippen LogP contribution in [0.3, 0.4) is 0 Å². The zero-order valence-electron chi connectivity index (χ0n) is 18.6. The molecule has 0 fully saturated rings. The van der Waals surface area contributed by atoms with Gasteiger partial charge in [0, 0.05) is 16.7 Å². The second-order valence-corrected chi connectivity index (χ2v) is 9.61. The van der Waals surface area contributed by atoms with Gasteiger partial charge in [-0.2, -0.15) is 0 Å². The van der Waals surface area contributed by atoms with Crippen LogP contribution in [0.2, 0.25) is 0 Å². The van der Waals surface area contributed by atoms with Crippen LogP contribution < -0.4 is 5.73 Å². The van der Waals surface area contributed by atoms with Gasteiger partial charge in [-0.3, -0.25) is 9.32 Å². The Morgan fingerprint density at radius 3 is 2.21 bits per heavy atom. The van der Waals surface area contributed by atoms with E-state index in [2.05, 4.69) is 4.52 Å². The first-order chi connectivity index (χ1) is 16.0. The third-order valence-corrected chi connectivity index (χ3v) is 6.02. The van der Waals surface area contributed by atoms with Crippen LogP contribution in [0.15, 0.2) is 66.7 Å². The van der Waals surface area contributed by atoms with Crippen LogP contribution in [-0.2, 0) is 15.5 Å². The van der Waals surface area contributed by atoms with Crippen LogP contribution in [0.25, 0.3) is 11.1 Å². The van der Waals surface area contributed by atoms with Gasteiger partial charge in [-0.05, 0) is 37.0 Å². The molecular weight excluding hydrogens is 460 g/mol. The highest BCUT2D eigenvalue weighted by atomic mass is 31.2. The van der Waals surface area contributed by atoms with Gasteiger partial charge in [0.15, 0.2) is 5.78 Å². The van der Waals surface area contributed by atoms with Crippen LogP contribution in [0.4, 0.5) is 4.39 Å². The molecule has 0 heterocycles. The predicted molar refractivity (Wildman–Crippen MR) is 127 cm³/mol. The maximum atomic E-state index is 14.8. The molecule has 0 spiro atoms. The molecule has 1 atom stereocenters. The van der Waals surface area contributed by atoms with Crippen LogP contribution >= 0.6 is 7.82 Å². The maximum absolute atomic E-state index is 14.8. The maximum Gasteiger partial charge on any atom is 0.469 e. The second-order valence-electron chi connectivity index (χ2n) is 8.37. The highest BCUT2D eigenvalue weighted by Gasteiger charge is 2.28. The Morgan fingerprint density at radius 2 is 1.65 bits per heavy atom. The van der Waals surface area contributed by atoms with Gasteiger partial charge in [-0.1, -0.05) is 66.2 Å². The molecule has 0 aliphatic heterocycles. The van der Waals surface area contributed by atoms with E-state index in [1.807, 2.05) is 19.1 Å². The highest BCUT2D eigenvalue weighted by Crippen LogP contribution is 2.37. The van der Waals surface area contributed by atoms with Crippen LogP contribution in [-0.4, -0.2) is 39.4 Å². The summed E-state index contributed by atoms with van der Waals surface area (Å²) in [6.45, 7) is 0.919. The van der Waals surface area contributed by atoms with E-state index in [-0.39, 0.29) is 17.8 Å². The third-order valence-electron chi connectivity index (χ3n) is 5.56. The molecule has 0 bridgehead atoms. The van der Waals surface area contributed by atoms with Crippen molar-refractivity contribution in [3.8, 4) is 11.1 Å². The lowest BCUT2D eigenvalue weighted by atomic mass is 9.93. The summed E-state index contributed by atoms with van der Waals surface area (Å²) < 4.78 is 30.2. The van der Waals surface area contributed by atoms with Crippen molar-refractivity contribution in [3.63, 3.8) is 0 Å². The fourth-order valence-corrected chi connectivity index (χ4v) is 3.84. The summed E-state index contributed by atoms with van der Waals surface area (Å²) in [4.78, 5) is 30.3. The average molecular weight is 487 g/mol. The monoisotopic (exact) mass is 487 g/mol. The summed E-state index contributed by atoms with van der Waals surface area (Å²) in [5.41, 5.74) is 8.28. The van der Waals surface area contributed by atoms with Crippen LogP contribution in [0.1, 0.15) is 33.5 Å². The number of hydrogen-bond acceptors (Lipinski definition) is 5. The fourth-order valence-electron chi connectivity index (χ4n) is 3.42. The average Bonchev–Trinajstić information content (AvgIpc) is 2.81. The standard InChI is InChI=1S/C25H27FNO6P/c1-17-2-6-20(7-3-17)24(29)21-10-11-22(23(26)14-21)19-8-4-18(5-9-19)12-13-25(27,15-28)16-33-34(30,31)32/h2-11,14,28H,12-13,15-16,27H2,1H3,(H2,30,31,32). The number of hydrogen-bond donors (Lipinski definition) is 4. The van der Waals surface area contributed by atoms with E-state index in [4.69, 9.17) is 15.5 Å². The summed E-state index contributed by atoms with van der Waals surface area (Å²) in [5.74, 6) is -0.765. The summed E-state index contributed by atoms with van der Waals surface area (Å²) in [5, 5.41) is 9.51. The highest BCUT2D eigenvalue weighted by molar-refractivity contribution is 7.46. The SMILES string of the molecule is Cc1ccc(C(=O)c2ccc(-c3ccc(CCC(N)(CO)COP(=O)(O)O)cc3)c(F)c2)cc1. The van der Waals surface area contributed by atoms with Gasteiger partial charge in [0.25, 0.3) is 0 Å². The van der Waals surface area contributed by atoms with E-state index < -0.39 is 32.4 Å². The molecule has 3 rings (SSSR count). The van der Waals surface area contributed by atoms with E-state index in [1.54, 1.807) is 48.5 Å². The number of nitrogens with two attached hydrogens (primary N) is 1. The van der Waals surface area contributed by atoms with E-state index in [1.165, 1.54) is 6.07 Å². The molecule has 3 aromatic rings. The number of halogens is 1. The van der Waals surface area contributed by atoms with Gasteiger partial charge in [0.1, 0.15) is 5.82 Å². The summed E-state index contributed by atoms with van der Waals surface area (Å²) >= 11 is 0. The summed E-state index contributed by atoms with van der Waals surface area (Å²) in [6, 6.07) is 18.5. The second kappa shape index (κ2) is 10.7. The summed E-state index contributed by atoms with van der Waals surface area (Å²) in [6.07, 6.45) is 0.626. The Morgan fingerprint density at radius 1 is 1.03 bits per heavy atom. The Labute approximate surface area is 197 Å². The van der Waals surface area contributed by atoms with Crippen molar-refractivity contribution < 1.29 is 33.2 Å². The molecule has 9 heteroatoms. The van der Waals surface area contributed by atoms with Gasteiger partial charge in [0.2, 0.25) is 0 Å². The predicted octanol–water partition coefficient (Wildman–Crippen LogP) is 3.76. The molecule has 0 aromatic heterocycles. The number of carbonyl (C=O) groups is 1. The lowest BCUT2D eigenvalue weighted by molar-refractivity contribution is 0.102. The Kier molecular flexibility index (Phi) is 8.15. The quantitative estimate of drug-likeness (QED) is 0.253. The molecule has 0 aliphatic rings. The van der Waals surface area contributed by atoms with Crippen molar-refractivity contribution in [1.29, 1.82) is 0 Å². The smallest absolute Gasteiger partial charge is 0.394 e. The van der Waals surface area contributed by atoms with E-state index >= 15 is 0 Å². The number of aliphatic hydroxyl groups excluding tert-OH is 1. The Balaban J connectivity index is 1.69. The molecule has 1 unspecified atom stereocenters. The molecule has 0 amide bonds. The Bertz CT molecular complexity index is 1190. The molecule has 0 radical (unpaired) electrons. The lowest BCUT2D eigenvalue weighted by Crippen LogP contribution is -2.48. The van der Waals surface area contributed by atoms with Gasteiger partial charge in [0.05, 0.1) is 18.8 Å². The molecule has 0 aliphatic carbocycles.